The number of aromatic amines is 1. The molecule has 1 aromatic heterocycles. The van der Waals surface area contributed by atoms with Crippen LogP contribution in [0.25, 0.3) is 0 Å². The van der Waals surface area contributed by atoms with E-state index in [0.29, 0.717) is 17.5 Å². The maximum atomic E-state index is 11.7. The summed E-state index contributed by atoms with van der Waals surface area (Å²) in [6.45, 7) is 3.47. The molecule has 5 nitrogen and oxygen atoms in total. The van der Waals surface area contributed by atoms with Crippen molar-refractivity contribution in [1.82, 2.24) is 9.97 Å². The lowest BCUT2D eigenvalue weighted by atomic mass is 9.94. The van der Waals surface area contributed by atoms with E-state index in [1.54, 1.807) is 0 Å². The van der Waals surface area contributed by atoms with Gasteiger partial charge in [0, 0.05) is 13.1 Å². The molecule has 0 amide bonds. The van der Waals surface area contributed by atoms with Crippen LogP contribution in [0, 0.1) is 11.8 Å². The molecule has 3 unspecified atom stereocenters. The minimum absolute atomic E-state index is 0.218. The quantitative estimate of drug-likeness (QED) is 0.826. The van der Waals surface area contributed by atoms with Crippen LogP contribution in [0.3, 0.4) is 0 Å². The van der Waals surface area contributed by atoms with Crippen molar-refractivity contribution in [2.24, 2.45) is 16.8 Å². The zero-order valence-electron chi connectivity index (χ0n) is 10.6. The van der Waals surface area contributed by atoms with Gasteiger partial charge in [-0.3, -0.25) is 9.79 Å². The van der Waals surface area contributed by atoms with Crippen molar-refractivity contribution >= 4 is 18.2 Å². The fourth-order valence-electron chi connectivity index (χ4n) is 3.63. The van der Waals surface area contributed by atoms with Crippen LogP contribution in [0.2, 0.25) is 0 Å². The molecule has 3 atom stereocenters. The summed E-state index contributed by atoms with van der Waals surface area (Å²) in [5.74, 6) is 2.27. The molecule has 18 heavy (non-hydrogen) atoms. The lowest BCUT2D eigenvalue weighted by Gasteiger charge is -2.32. The minimum atomic E-state index is -0.218. The first-order chi connectivity index (χ1) is 8.70. The van der Waals surface area contributed by atoms with Gasteiger partial charge >= 0.3 is 0 Å². The highest BCUT2D eigenvalue weighted by Crippen LogP contribution is 2.47. The first-order valence-corrected chi connectivity index (χ1v) is 6.48. The van der Waals surface area contributed by atoms with E-state index in [9.17, 15) is 4.79 Å². The molecule has 2 aliphatic carbocycles. The van der Waals surface area contributed by atoms with Gasteiger partial charge in [0.25, 0.3) is 5.56 Å². The minimum Gasteiger partial charge on any atom is -0.354 e. The van der Waals surface area contributed by atoms with Gasteiger partial charge in [0.2, 0.25) is 0 Å². The van der Waals surface area contributed by atoms with Crippen molar-refractivity contribution in [3.8, 4) is 0 Å². The average molecular weight is 246 g/mol. The molecule has 0 spiro atoms. The van der Waals surface area contributed by atoms with Crippen LogP contribution in [-0.2, 0) is 0 Å². The second kappa shape index (κ2) is 4.23. The second-order valence-electron chi connectivity index (χ2n) is 5.42. The number of anilines is 1. The van der Waals surface area contributed by atoms with Crippen molar-refractivity contribution in [2.75, 3.05) is 11.9 Å². The molecule has 96 valence electrons. The third-order valence-corrected chi connectivity index (χ3v) is 4.50. The van der Waals surface area contributed by atoms with Gasteiger partial charge in [-0.15, -0.1) is 0 Å². The Labute approximate surface area is 106 Å². The molecule has 0 aliphatic heterocycles. The zero-order valence-corrected chi connectivity index (χ0v) is 10.6. The van der Waals surface area contributed by atoms with E-state index >= 15 is 0 Å². The summed E-state index contributed by atoms with van der Waals surface area (Å²) in [5, 5.41) is 0. The lowest BCUT2D eigenvalue weighted by Crippen LogP contribution is -2.37. The molecule has 0 aromatic carbocycles. The van der Waals surface area contributed by atoms with Crippen LogP contribution in [0.15, 0.2) is 16.1 Å². The van der Waals surface area contributed by atoms with Crippen LogP contribution in [0.5, 0.6) is 0 Å². The number of rotatable bonds is 3. The highest BCUT2D eigenvalue weighted by Gasteiger charge is 2.42. The number of aromatic nitrogens is 2. The van der Waals surface area contributed by atoms with E-state index < -0.39 is 0 Å². The highest BCUT2D eigenvalue weighted by atomic mass is 16.1. The maximum absolute atomic E-state index is 11.7. The summed E-state index contributed by atoms with van der Waals surface area (Å²) in [6.07, 6.45) is 6.65. The predicted molar refractivity (Wildman–Crippen MR) is 71.7 cm³/mol. The van der Waals surface area contributed by atoms with E-state index in [0.717, 1.165) is 11.8 Å². The Balaban J connectivity index is 1.93. The summed E-state index contributed by atoms with van der Waals surface area (Å²) < 4.78 is 0. The third-order valence-electron chi connectivity index (χ3n) is 4.50. The largest absolute Gasteiger partial charge is 0.354 e. The van der Waals surface area contributed by atoms with Gasteiger partial charge in [0.15, 0.2) is 11.5 Å². The van der Waals surface area contributed by atoms with Crippen LogP contribution in [0.4, 0.5) is 11.5 Å². The molecule has 0 radical (unpaired) electrons. The van der Waals surface area contributed by atoms with E-state index in [2.05, 4.69) is 26.6 Å². The van der Waals surface area contributed by atoms with E-state index in [1.807, 2.05) is 7.05 Å². The van der Waals surface area contributed by atoms with E-state index in [1.165, 1.54) is 32.0 Å². The number of fused-ring (bicyclic) bond motifs is 2. The first-order valence-electron chi connectivity index (χ1n) is 6.48. The predicted octanol–water partition coefficient (Wildman–Crippen LogP) is 1.73. The fourth-order valence-corrected chi connectivity index (χ4v) is 3.63. The number of H-pyrrole nitrogens is 1. The molecule has 3 rings (SSSR count). The van der Waals surface area contributed by atoms with Crippen molar-refractivity contribution < 1.29 is 0 Å². The van der Waals surface area contributed by atoms with Gasteiger partial charge in [0.1, 0.15) is 0 Å². The van der Waals surface area contributed by atoms with E-state index in [-0.39, 0.29) is 5.56 Å². The smallest absolute Gasteiger partial charge is 0.278 e. The molecule has 2 bridgehead atoms. The van der Waals surface area contributed by atoms with Crippen LogP contribution < -0.4 is 10.5 Å². The average Bonchev–Trinajstić information content (AvgIpc) is 2.99. The second-order valence-corrected chi connectivity index (χ2v) is 5.42. The van der Waals surface area contributed by atoms with Crippen molar-refractivity contribution in [3.63, 3.8) is 0 Å². The van der Waals surface area contributed by atoms with Gasteiger partial charge < -0.3 is 9.88 Å². The van der Waals surface area contributed by atoms with Gasteiger partial charge in [-0.05, 0) is 37.8 Å². The van der Waals surface area contributed by atoms with Crippen molar-refractivity contribution in [2.45, 2.75) is 31.7 Å². The SMILES string of the molecule is C=Nc1c(N(C)C2CC3CCC2C3)nc[nH]c1=O. The monoisotopic (exact) mass is 246 g/mol. The fraction of sp³-hybridized carbons (Fsp3) is 0.615. The Hall–Kier alpha value is -1.65. The third kappa shape index (κ3) is 1.65. The normalized spacial score (nSPS) is 29.5. The summed E-state index contributed by atoms with van der Waals surface area (Å²) in [4.78, 5) is 24.5. The number of hydrogen-bond donors (Lipinski definition) is 1. The topological polar surface area (TPSA) is 61.4 Å². The molecule has 5 heteroatoms. The Kier molecular flexibility index (Phi) is 2.69. The number of nitrogens with one attached hydrogen (secondary N) is 1. The van der Waals surface area contributed by atoms with Crippen LogP contribution in [0.1, 0.15) is 25.7 Å². The number of aliphatic imine (C=N–C) groups is 1. The van der Waals surface area contributed by atoms with Gasteiger partial charge in [-0.1, -0.05) is 6.42 Å². The summed E-state index contributed by atoms with van der Waals surface area (Å²) >= 11 is 0. The lowest BCUT2D eigenvalue weighted by molar-refractivity contribution is 0.403. The van der Waals surface area contributed by atoms with Gasteiger partial charge in [-0.25, -0.2) is 4.98 Å². The Morgan fingerprint density at radius 2 is 2.33 bits per heavy atom. The summed E-state index contributed by atoms with van der Waals surface area (Å²) in [7, 11) is 2.02. The summed E-state index contributed by atoms with van der Waals surface area (Å²) in [5.41, 5.74) is 0.118. The van der Waals surface area contributed by atoms with Gasteiger partial charge in [0.05, 0.1) is 6.33 Å². The zero-order chi connectivity index (χ0) is 12.7. The Morgan fingerprint density at radius 3 is 2.94 bits per heavy atom. The maximum Gasteiger partial charge on any atom is 0.278 e. The highest BCUT2D eigenvalue weighted by molar-refractivity contribution is 5.63. The Morgan fingerprint density at radius 1 is 1.50 bits per heavy atom. The standard InChI is InChI=1S/C13H18N4O/c1-14-11-12(15-7-16-13(11)18)17(2)10-6-8-3-4-9(10)5-8/h7-10H,1,3-6H2,2H3,(H,15,16,18). The van der Waals surface area contributed by atoms with Crippen molar-refractivity contribution in [1.29, 1.82) is 0 Å². The summed E-state index contributed by atoms with van der Waals surface area (Å²) in [6, 6.07) is 0.499. The Bertz CT molecular complexity index is 524. The number of nitrogens with zero attached hydrogens (tertiary/aromatic N) is 3. The van der Waals surface area contributed by atoms with E-state index in [4.69, 9.17) is 0 Å². The molecular formula is C13H18N4O. The molecule has 1 heterocycles. The van der Waals surface area contributed by atoms with Crippen molar-refractivity contribution in [3.05, 3.63) is 16.7 Å². The molecule has 1 N–H and O–H groups in total. The molecule has 2 saturated carbocycles. The first kappa shape index (κ1) is 11.4. The number of hydrogen-bond acceptors (Lipinski definition) is 4. The molecule has 2 aliphatic rings. The van der Waals surface area contributed by atoms with Gasteiger partial charge in [-0.2, -0.15) is 0 Å². The molecular weight excluding hydrogens is 228 g/mol. The van der Waals surface area contributed by atoms with Crippen LogP contribution >= 0.6 is 0 Å². The molecule has 1 aromatic rings. The van der Waals surface area contributed by atoms with Crippen LogP contribution in [-0.4, -0.2) is 29.8 Å². The molecule has 0 saturated heterocycles. The molecule has 2 fully saturated rings.